The molecule has 0 saturated carbocycles. The number of hydrogen-bond acceptors (Lipinski definition) is 2. The van der Waals surface area contributed by atoms with Crippen LogP contribution in [-0.2, 0) is 0 Å². The van der Waals surface area contributed by atoms with Crippen molar-refractivity contribution in [2.45, 2.75) is 6.92 Å². The Bertz CT molecular complexity index is 693. The van der Waals surface area contributed by atoms with Gasteiger partial charge in [-0.3, -0.25) is 4.99 Å². The first-order chi connectivity index (χ1) is 9.54. The third kappa shape index (κ3) is 2.78. The smallest absolute Gasteiger partial charge is 0.222 e. The van der Waals surface area contributed by atoms with Gasteiger partial charge >= 0.3 is 0 Å². The lowest BCUT2D eigenvalue weighted by molar-refractivity contribution is 0.581. The van der Waals surface area contributed by atoms with Crippen LogP contribution in [0.2, 0.25) is 5.02 Å². The lowest BCUT2D eigenvalue weighted by Crippen LogP contribution is -2.09. The van der Waals surface area contributed by atoms with E-state index in [1.807, 2.05) is 31.2 Å². The standard InChI is InChI=1S/C16H14ClFN2/c1-10(2)12-6-4-5-7-13(12)15(19-3)14-8-11(17)9-20-16(14)18/h4-9H,1H2,2-3H3/b19-15+. The molecule has 102 valence electrons. The second-order valence-corrected chi connectivity index (χ2v) is 4.83. The molecule has 1 aromatic heterocycles. The van der Waals surface area contributed by atoms with E-state index in [2.05, 4.69) is 16.6 Å². The molecule has 0 fully saturated rings. The van der Waals surface area contributed by atoms with Gasteiger partial charge in [-0.15, -0.1) is 0 Å². The molecule has 0 spiro atoms. The Hall–Kier alpha value is -2.00. The minimum Gasteiger partial charge on any atom is -0.287 e. The molecule has 0 aliphatic carbocycles. The number of rotatable bonds is 3. The quantitative estimate of drug-likeness (QED) is 0.608. The molecule has 4 heteroatoms. The van der Waals surface area contributed by atoms with Crippen LogP contribution in [0.15, 0.2) is 48.1 Å². The van der Waals surface area contributed by atoms with Crippen molar-refractivity contribution < 1.29 is 4.39 Å². The van der Waals surface area contributed by atoms with Gasteiger partial charge in [0.25, 0.3) is 0 Å². The summed E-state index contributed by atoms with van der Waals surface area (Å²) in [4.78, 5) is 7.86. The van der Waals surface area contributed by atoms with Gasteiger partial charge in [-0.05, 0) is 18.6 Å². The molecule has 0 amide bonds. The number of allylic oxidation sites excluding steroid dienone is 1. The van der Waals surface area contributed by atoms with Crippen molar-refractivity contribution in [2.75, 3.05) is 7.05 Å². The van der Waals surface area contributed by atoms with Crippen molar-refractivity contribution in [3.8, 4) is 0 Å². The van der Waals surface area contributed by atoms with Crippen LogP contribution in [0.4, 0.5) is 4.39 Å². The second kappa shape index (κ2) is 5.97. The van der Waals surface area contributed by atoms with Gasteiger partial charge in [0.15, 0.2) is 0 Å². The van der Waals surface area contributed by atoms with Gasteiger partial charge in [0.1, 0.15) is 0 Å². The summed E-state index contributed by atoms with van der Waals surface area (Å²) >= 11 is 5.91. The van der Waals surface area contributed by atoms with Gasteiger partial charge in [-0.2, -0.15) is 4.39 Å². The van der Waals surface area contributed by atoms with E-state index < -0.39 is 5.95 Å². The normalized spacial score (nSPS) is 11.5. The maximum absolute atomic E-state index is 14.0. The van der Waals surface area contributed by atoms with Crippen molar-refractivity contribution in [3.05, 3.63) is 70.8 Å². The van der Waals surface area contributed by atoms with Crippen LogP contribution in [0, 0.1) is 5.95 Å². The molecule has 0 N–H and O–H groups in total. The molecule has 0 aliphatic heterocycles. The average Bonchev–Trinajstić information content (AvgIpc) is 2.44. The molecular weight excluding hydrogens is 275 g/mol. The van der Waals surface area contributed by atoms with Crippen molar-refractivity contribution in [1.29, 1.82) is 0 Å². The highest BCUT2D eigenvalue weighted by Crippen LogP contribution is 2.23. The Balaban J connectivity index is 2.66. The van der Waals surface area contributed by atoms with Gasteiger partial charge in [0.2, 0.25) is 5.95 Å². The average molecular weight is 289 g/mol. The van der Waals surface area contributed by atoms with E-state index in [1.165, 1.54) is 12.3 Å². The van der Waals surface area contributed by atoms with Gasteiger partial charge in [-0.1, -0.05) is 48.0 Å². The van der Waals surface area contributed by atoms with Crippen molar-refractivity contribution in [3.63, 3.8) is 0 Å². The van der Waals surface area contributed by atoms with Gasteiger partial charge in [-0.25, -0.2) is 4.98 Å². The SMILES string of the molecule is C=C(C)c1ccccc1/C(=N\C)c1cc(Cl)cnc1F. The van der Waals surface area contributed by atoms with E-state index in [-0.39, 0.29) is 5.56 Å². The Morgan fingerprint density at radius 3 is 2.50 bits per heavy atom. The van der Waals surface area contributed by atoms with Crippen LogP contribution in [0.1, 0.15) is 23.6 Å². The summed E-state index contributed by atoms with van der Waals surface area (Å²) in [7, 11) is 1.62. The van der Waals surface area contributed by atoms with Crippen LogP contribution in [0.5, 0.6) is 0 Å². The van der Waals surface area contributed by atoms with Crippen molar-refractivity contribution >= 4 is 22.9 Å². The monoisotopic (exact) mass is 288 g/mol. The molecule has 1 heterocycles. The van der Waals surface area contributed by atoms with E-state index in [0.717, 1.165) is 16.7 Å². The highest BCUT2D eigenvalue weighted by Gasteiger charge is 2.16. The van der Waals surface area contributed by atoms with E-state index >= 15 is 0 Å². The summed E-state index contributed by atoms with van der Waals surface area (Å²) in [5.74, 6) is -0.591. The van der Waals surface area contributed by atoms with Gasteiger partial charge < -0.3 is 0 Å². The molecule has 2 aromatic rings. The summed E-state index contributed by atoms with van der Waals surface area (Å²) in [5.41, 5.74) is 3.42. The fourth-order valence-electron chi connectivity index (χ4n) is 2.04. The summed E-state index contributed by atoms with van der Waals surface area (Å²) in [6, 6.07) is 9.13. The first-order valence-electron chi connectivity index (χ1n) is 6.08. The zero-order chi connectivity index (χ0) is 14.7. The Morgan fingerprint density at radius 1 is 1.25 bits per heavy atom. The van der Waals surface area contributed by atoms with Crippen LogP contribution >= 0.6 is 11.6 Å². The van der Waals surface area contributed by atoms with Gasteiger partial charge in [0, 0.05) is 18.8 Å². The Morgan fingerprint density at radius 2 is 1.90 bits per heavy atom. The fourth-order valence-corrected chi connectivity index (χ4v) is 2.19. The third-order valence-corrected chi connectivity index (χ3v) is 3.13. The van der Waals surface area contributed by atoms with E-state index in [1.54, 1.807) is 7.05 Å². The largest absolute Gasteiger partial charge is 0.287 e. The minimum absolute atomic E-state index is 0.286. The first-order valence-corrected chi connectivity index (χ1v) is 6.46. The third-order valence-electron chi connectivity index (χ3n) is 2.93. The molecule has 2 nitrogen and oxygen atoms in total. The van der Waals surface area contributed by atoms with Crippen LogP contribution in [0.25, 0.3) is 5.57 Å². The molecule has 2 rings (SSSR count). The summed E-state index contributed by atoms with van der Waals surface area (Å²) in [5, 5.41) is 0.371. The number of halogens is 2. The second-order valence-electron chi connectivity index (χ2n) is 4.39. The van der Waals surface area contributed by atoms with Crippen molar-refractivity contribution in [2.24, 2.45) is 4.99 Å². The molecule has 0 unspecified atom stereocenters. The Kier molecular flexibility index (Phi) is 4.30. The number of hydrogen-bond donors (Lipinski definition) is 0. The molecule has 20 heavy (non-hydrogen) atoms. The Labute approximate surface area is 122 Å². The predicted molar refractivity (Wildman–Crippen MR) is 81.9 cm³/mol. The summed E-state index contributed by atoms with van der Waals surface area (Å²) in [6.07, 6.45) is 1.28. The van der Waals surface area contributed by atoms with Crippen LogP contribution in [-0.4, -0.2) is 17.7 Å². The van der Waals surface area contributed by atoms with E-state index in [9.17, 15) is 4.39 Å². The predicted octanol–water partition coefficient (Wildman–Crippen LogP) is 4.37. The maximum Gasteiger partial charge on any atom is 0.222 e. The van der Waals surface area contributed by atoms with Gasteiger partial charge in [0.05, 0.1) is 16.3 Å². The minimum atomic E-state index is -0.591. The number of aromatic nitrogens is 1. The lowest BCUT2D eigenvalue weighted by Gasteiger charge is -2.12. The molecule has 0 radical (unpaired) electrons. The zero-order valence-electron chi connectivity index (χ0n) is 11.3. The lowest BCUT2D eigenvalue weighted by atomic mass is 9.95. The number of nitrogens with zero attached hydrogens (tertiary/aromatic N) is 2. The molecule has 0 bridgehead atoms. The topological polar surface area (TPSA) is 25.2 Å². The first kappa shape index (κ1) is 14.4. The van der Waals surface area contributed by atoms with E-state index in [0.29, 0.717) is 10.7 Å². The molecule has 0 saturated heterocycles. The number of benzene rings is 1. The molecule has 1 aromatic carbocycles. The molecule has 0 atom stereocenters. The van der Waals surface area contributed by atoms with Crippen LogP contribution < -0.4 is 0 Å². The zero-order valence-corrected chi connectivity index (χ0v) is 12.1. The van der Waals surface area contributed by atoms with Crippen LogP contribution in [0.3, 0.4) is 0 Å². The fraction of sp³-hybridized carbons (Fsp3) is 0.125. The maximum atomic E-state index is 14.0. The highest BCUT2D eigenvalue weighted by molar-refractivity contribution is 6.31. The summed E-state index contributed by atoms with van der Waals surface area (Å²) < 4.78 is 14.0. The van der Waals surface area contributed by atoms with E-state index in [4.69, 9.17) is 11.6 Å². The number of aliphatic imine (C=N–C) groups is 1. The highest BCUT2D eigenvalue weighted by atomic mass is 35.5. The molecule has 0 aliphatic rings. The summed E-state index contributed by atoms with van der Waals surface area (Å²) in [6.45, 7) is 5.85. The molecular formula is C16H14ClFN2. The number of pyridine rings is 1. The van der Waals surface area contributed by atoms with Crippen molar-refractivity contribution in [1.82, 2.24) is 4.98 Å².